The molecule has 0 aromatic heterocycles. The van der Waals surface area contributed by atoms with Crippen molar-refractivity contribution < 1.29 is 0 Å². The van der Waals surface area contributed by atoms with Gasteiger partial charge in [-0.2, -0.15) is 0 Å². The standard InChI is InChI=1S/C14H24BrN/c1-16(10-14(9-15)4-5-14)8-13-7-11-2-3-12(13)6-11/h11-13H,2-10H2,1H3. The van der Waals surface area contributed by atoms with E-state index in [4.69, 9.17) is 0 Å². The normalized spacial score (nSPS) is 39.6. The van der Waals surface area contributed by atoms with Crippen LogP contribution in [0.25, 0.3) is 0 Å². The maximum atomic E-state index is 3.68. The molecule has 3 atom stereocenters. The monoisotopic (exact) mass is 285 g/mol. The van der Waals surface area contributed by atoms with Crippen LogP contribution in [0.3, 0.4) is 0 Å². The van der Waals surface area contributed by atoms with E-state index in [1.165, 1.54) is 50.5 Å². The van der Waals surface area contributed by atoms with Crippen LogP contribution in [0.4, 0.5) is 0 Å². The molecule has 0 N–H and O–H groups in total. The molecular weight excluding hydrogens is 262 g/mol. The highest BCUT2D eigenvalue weighted by Gasteiger charge is 2.44. The Kier molecular flexibility index (Phi) is 3.08. The van der Waals surface area contributed by atoms with Crippen LogP contribution in [-0.2, 0) is 0 Å². The molecule has 2 bridgehead atoms. The van der Waals surface area contributed by atoms with E-state index in [2.05, 4.69) is 27.9 Å². The number of rotatable bonds is 5. The van der Waals surface area contributed by atoms with E-state index < -0.39 is 0 Å². The Morgan fingerprint density at radius 1 is 1.25 bits per heavy atom. The molecule has 0 aliphatic heterocycles. The van der Waals surface area contributed by atoms with E-state index in [1.54, 1.807) is 6.42 Å². The third-order valence-corrected chi connectivity index (χ3v) is 6.47. The van der Waals surface area contributed by atoms with E-state index in [0.717, 1.165) is 17.8 Å². The first kappa shape index (κ1) is 11.5. The second kappa shape index (κ2) is 4.28. The molecule has 3 saturated carbocycles. The van der Waals surface area contributed by atoms with Gasteiger partial charge < -0.3 is 4.90 Å². The SMILES string of the molecule is CN(CC1CC2CCC1C2)CC1(CBr)CC1. The molecule has 3 fully saturated rings. The topological polar surface area (TPSA) is 3.24 Å². The molecule has 0 spiro atoms. The summed E-state index contributed by atoms with van der Waals surface area (Å²) in [5, 5.41) is 1.21. The Morgan fingerprint density at radius 3 is 2.56 bits per heavy atom. The maximum absolute atomic E-state index is 3.68. The average molecular weight is 286 g/mol. The van der Waals surface area contributed by atoms with Gasteiger partial charge in [0.2, 0.25) is 0 Å². The molecule has 0 amide bonds. The summed E-state index contributed by atoms with van der Waals surface area (Å²) in [6, 6.07) is 0. The fourth-order valence-corrected chi connectivity index (χ4v) is 4.89. The van der Waals surface area contributed by atoms with Gasteiger partial charge in [-0.05, 0) is 62.3 Å². The largest absolute Gasteiger partial charge is 0.306 e. The Morgan fingerprint density at radius 2 is 2.06 bits per heavy atom. The van der Waals surface area contributed by atoms with Gasteiger partial charge in [0.15, 0.2) is 0 Å². The average Bonchev–Trinajstić information content (AvgIpc) is 2.72. The van der Waals surface area contributed by atoms with Crippen LogP contribution in [0, 0.1) is 23.2 Å². The molecule has 0 aromatic rings. The van der Waals surface area contributed by atoms with Crippen molar-refractivity contribution in [1.82, 2.24) is 4.90 Å². The molecule has 1 nitrogen and oxygen atoms in total. The predicted octanol–water partition coefficient (Wildman–Crippen LogP) is 3.53. The third kappa shape index (κ3) is 2.20. The molecule has 3 rings (SSSR count). The van der Waals surface area contributed by atoms with Gasteiger partial charge >= 0.3 is 0 Å². The van der Waals surface area contributed by atoms with E-state index in [1.807, 2.05) is 0 Å². The summed E-state index contributed by atoms with van der Waals surface area (Å²) in [4.78, 5) is 2.62. The highest BCUT2D eigenvalue weighted by Crippen LogP contribution is 2.50. The summed E-state index contributed by atoms with van der Waals surface area (Å²) in [6.45, 7) is 2.70. The molecular formula is C14H24BrN. The van der Waals surface area contributed by atoms with Gasteiger partial charge in [-0.3, -0.25) is 0 Å². The van der Waals surface area contributed by atoms with E-state index in [-0.39, 0.29) is 0 Å². The molecule has 0 radical (unpaired) electrons. The number of alkyl halides is 1. The van der Waals surface area contributed by atoms with Gasteiger partial charge in [-0.15, -0.1) is 0 Å². The minimum Gasteiger partial charge on any atom is -0.306 e. The summed E-state index contributed by atoms with van der Waals surface area (Å²) < 4.78 is 0. The Hall–Kier alpha value is 0.440. The second-order valence-electron chi connectivity index (χ2n) is 6.77. The smallest absolute Gasteiger partial charge is 0.0100 e. The highest BCUT2D eigenvalue weighted by molar-refractivity contribution is 9.09. The lowest BCUT2D eigenvalue weighted by Crippen LogP contribution is -2.33. The Balaban J connectivity index is 1.48. The first-order valence-corrected chi connectivity index (χ1v) is 8.07. The van der Waals surface area contributed by atoms with Crippen molar-refractivity contribution in [1.29, 1.82) is 0 Å². The van der Waals surface area contributed by atoms with Crippen molar-refractivity contribution in [2.24, 2.45) is 23.2 Å². The van der Waals surface area contributed by atoms with E-state index in [9.17, 15) is 0 Å². The predicted molar refractivity (Wildman–Crippen MR) is 71.9 cm³/mol. The van der Waals surface area contributed by atoms with Crippen LogP contribution in [0.1, 0.15) is 38.5 Å². The van der Waals surface area contributed by atoms with Crippen LogP contribution in [0.15, 0.2) is 0 Å². The molecule has 92 valence electrons. The lowest BCUT2D eigenvalue weighted by Gasteiger charge is -2.29. The molecule has 3 aliphatic carbocycles. The van der Waals surface area contributed by atoms with Crippen LogP contribution in [-0.4, -0.2) is 30.4 Å². The number of halogens is 1. The van der Waals surface area contributed by atoms with Crippen molar-refractivity contribution in [2.75, 3.05) is 25.5 Å². The van der Waals surface area contributed by atoms with Gasteiger partial charge in [0.1, 0.15) is 0 Å². The first-order chi connectivity index (χ1) is 7.71. The van der Waals surface area contributed by atoms with Crippen LogP contribution in [0.5, 0.6) is 0 Å². The number of nitrogens with zero attached hydrogens (tertiary/aromatic N) is 1. The summed E-state index contributed by atoms with van der Waals surface area (Å²) >= 11 is 3.68. The zero-order valence-corrected chi connectivity index (χ0v) is 12.0. The summed E-state index contributed by atoms with van der Waals surface area (Å²) in [5.41, 5.74) is 0.659. The Labute approximate surface area is 108 Å². The van der Waals surface area contributed by atoms with Crippen LogP contribution < -0.4 is 0 Å². The third-order valence-electron chi connectivity index (χ3n) is 5.28. The fraction of sp³-hybridized carbons (Fsp3) is 1.00. The van der Waals surface area contributed by atoms with Crippen molar-refractivity contribution in [2.45, 2.75) is 38.5 Å². The van der Waals surface area contributed by atoms with Crippen molar-refractivity contribution >= 4 is 15.9 Å². The molecule has 16 heavy (non-hydrogen) atoms. The highest BCUT2D eigenvalue weighted by atomic mass is 79.9. The van der Waals surface area contributed by atoms with E-state index >= 15 is 0 Å². The fourth-order valence-electron chi connectivity index (χ4n) is 4.15. The minimum absolute atomic E-state index is 0.659. The van der Waals surface area contributed by atoms with Crippen LogP contribution in [0.2, 0.25) is 0 Å². The van der Waals surface area contributed by atoms with Gasteiger partial charge in [0.05, 0.1) is 0 Å². The molecule has 3 aliphatic rings. The number of hydrogen-bond acceptors (Lipinski definition) is 1. The summed E-state index contributed by atoms with van der Waals surface area (Å²) in [7, 11) is 2.34. The number of fused-ring (bicyclic) bond motifs is 2. The van der Waals surface area contributed by atoms with Crippen molar-refractivity contribution in [3.8, 4) is 0 Å². The molecule has 0 saturated heterocycles. The van der Waals surface area contributed by atoms with Gasteiger partial charge in [-0.1, -0.05) is 22.4 Å². The summed E-state index contributed by atoms with van der Waals surface area (Å²) in [5.74, 6) is 3.23. The van der Waals surface area contributed by atoms with Gasteiger partial charge in [-0.25, -0.2) is 0 Å². The minimum atomic E-state index is 0.659. The van der Waals surface area contributed by atoms with Crippen LogP contribution >= 0.6 is 15.9 Å². The zero-order chi connectivity index (χ0) is 11.2. The lowest BCUT2D eigenvalue weighted by atomic mass is 9.88. The van der Waals surface area contributed by atoms with E-state index in [0.29, 0.717) is 5.41 Å². The zero-order valence-electron chi connectivity index (χ0n) is 10.4. The Bertz CT molecular complexity index is 261. The molecule has 0 heterocycles. The molecule has 2 heteroatoms. The van der Waals surface area contributed by atoms with Crippen molar-refractivity contribution in [3.63, 3.8) is 0 Å². The number of hydrogen-bond donors (Lipinski definition) is 0. The molecule has 3 unspecified atom stereocenters. The second-order valence-corrected chi connectivity index (χ2v) is 7.33. The first-order valence-electron chi connectivity index (χ1n) is 6.95. The van der Waals surface area contributed by atoms with Gasteiger partial charge in [0.25, 0.3) is 0 Å². The quantitative estimate of drug-likeness (QED) is 0.699. The summed E-state index contributed by atoms with van der Waals surface area (Å²) in [6.07, 6.45) is 9.06. The lowest BCUT2D eigenvalue weighted by molar-refractivity contribution is 0.197. The van der Waals surface area contributed by atoms with Crippen molar-refractivity contribution in [3.05, 3.63) is 0 Å². The van der Waals surface area contributed by atoms with Gasteiger partial charge in [0, 0.05) is 18.4 Å². The maximum Gasteiger partial charge on any atom is 0.0100 e. The molecule has 0 aromatic carbocycles.